The summed E-state index contributed by atoms with van der Waals surface area (Å²) in [5, 5.41) is 4.09. The van der Waals surface area contributed by atoms with Crippen molar-refractivity contribution in [1.82, 2.24) is 10.2 Å². The van der Waals surface area contributed by atoms with Crippen molar-refractivity contribution >= 4 is 17.4 Å². The topological polar surface area (TPSA) is 41.6 Å². The standard InChI is InChI=1S/C21H25ClN2O2/c1-16-6-8-17(9-7-16)21(25)15-23-14-20(24-10-12-26-13-11-24)18-4-2-3-5-19(18)22/h2-9,20,23H,10-15H2,1H3. The van der Waals surface area contributed by atoms with E-state index in [0.717, 1.165) is 48.0 Å². The van der Waals surface area contributed by atoms with E-state index in [-0.39, 0.29) is 11.8 Å². The predicted molar refractivity (Wildman–Crippen MR) is 105 cm³/mol. The van der Waals surface area contributed by atoms with E-state index in [1.54, 1.807) is 0 Å². The molecule has 4 nitrogen and oxygen atoms in total. The number of ether oxygens (including phenoxy) is 1. The highest BCUT2D eigenvalue weighted by atomic mass is 35.5. The maximum atomic E-state index is 12.4. The Morgan fingerprint density at radius 3 is 2.54 bits per heavy atom. The summed E-state index contributed by atoms with van der Waals surface area (Å²) in [4.78, 5) is 14.8. The Balaban J connectivity index is 1.65. The van der Waals surface area contributed by atoms with Crippen molar-refractivity contribution in [2.75, 3.05) is 39.4 Å². The number of carbonyl (C=O) groups excluding carboxylic acids is 1. The van der Waals surface area contributed by atoms with Crippen molar-refractivity contribution in [2.45, 2.75) is 13.0 Å². The number of ketones is 1. The summed E-state index contributed by atoms with van der Waals surface area (Å²) in [6.45, 7) is 6.18. The van der Waals surface area contributed by atoms with Crippen LogP contribution in [-0.2, 0) is 4.74 Å². The molecule has 1 aliphatic heterocycles. The molecule has 0 saturated carbocycles. The van der Waals surface area contributed by atoms with E-state index in [2.05, 4.69) is 16.3 Å². The molecule has 1 aliphatic rings. The van der Waals surface area contributed by atoms with E-state index in [0.29, 0.717) is 13.1 Å². The smallest absolute Gasteiger partial charge is 0.176 e. The van der Waals surface area contributed by atoms with Gasteiger partial charge in [0.1, 0.15) is 0 Å². The summed E-state index contributed by atoms with van der Waals surface area (Å²) in [6.07, 6.45) is 0. The van der Waals surface area contributed by atoms with Gasteiger partial charge in [0.25, 0.3) is 0 Å². The maximum Gasteiger partial charge on any atom is 0.176 e. The molecule has 2 aromatic carbocycles. The highest BCUT2D eigenvalue weighted by Gasteiger charge is 2.24. The van der Waals surface area contributed by atoms with Crippen LogP contribution < -0.4 is 5.32 Å². The molecule has 0 spiro atoms. The van der Waals surface area contributed by atoms with Crippen molar-refractivity contribution in [3.63, 3.8) is 0 Å². The number of benzene rings is 2. The molecule has 26 heavy (non-hydrogen) atoms. The number of aryl methyl sites for hydroxylation is 1. The molecule has 1 fully saturated rings. The molecule has 3 rings (SSSR count). The molecular weight excluding hydrogens is 348 g/mol. The largest absolute Gasteiger partial charge is 0.379 e. The summed E-state index contributed by atoms with van der Waals surface area (Å²) < 4.78 is 5.48. The highest BCUT2D eigenvalue weighted by molar-refractivity contribution is 6.31. The number of rotatable bonds is 7. The first-order chi connectivity index (χ1) is 12.6. The average molecular weight is 373 g/mol. The second kappa shape index (κ2) is 9.28. The fourth-order valence-corrected chi connectivity index (χ4v) is 3.50. The molecule has 1 N–H and O–H groups in total. The summed E-state index contributed by atoms with van der Waals surface area (Å²) in [6, 6.07) is 15.7. The summed E-state index contributed by atoms with van der Waals surface area (Å²) >= 11 is 6.44. The van der Waals surface area contributed by atoms with Crippen LogP contribution in [0.2, 0.25) is 5.02 Å². The number of halogens is 1. The molecule has 138 valence electrons. The van der Waals surface area contributed by atoms with Crippen LogP contribution in [0.1, 0.15) is 27.5 Å². The fourth-order valence-electron chi connectivity index (χ4n) is 3.23. The Hall–Kier alpha value is -1.72. The predicted octanol–water partition coefficient (Wildman–Crippen LogP) is 3.49. The summed E-state index contributed by atoms with van der Waals surface area (Å²) in [7, 11) is 0. The summed E-state index contributed by atoms with van der Waals surface area (Å²) in [5.74, 6) is 0.102. The number of nitrogens with zero attached hydrogens (tertiary/aromatic N) is 1. The van der Waals surface area contributed by atoms with Gasteiger partial charge in [0, 0.05) is 36.3 Å². The lowest BCUT2D eigenvalue weighted by Crippen LogP contribution is -2.43. The van der Waals surface area contributed by atoms with Crippen LogP contribution in [0, 0.1) is 6.92 Å². The minimum atomic E-state index is 0.102. The van der Waals surface area contributed by atoms with E-state index in [4.69, 9.17) is 16.3 Å². The van der Waals surface area contributed by atoms with Gasteiger partial charge < -0.3 is 10.1 Å². The van der Waals surface area contributed by atoms with Crippen molar-refractivity contribution in [3.05, 3.63) is 70.2 Å². The molecule has 0 bridgehead atoms. The van der Waals surface area contributed by atoms with Gasteiger partial charge in [0.15, 0.2) is 5.78 Å². The van der Waals surface area contributed by atoms with Gasteiger partial charge in [-0.3, -0.25) is 9.69 Å². The van der Waals surface area contributed by atoms with Crippen LogP contribution in [0.3, 0.4) is 0 Å². The molecule has 1 heterocycles. The fraction of sp³-hybridized carbons (Fsp3) is 0.381. The number of carbonyl (C=O) groups is 1. The quantitative estimate of drug-likeness (QED) is 0.755. The van der Waals surface area contributed by atoms with Crippen LogP contribution >= 0.6 is 11.6 Å². The van der Waals surface area contributed by atoms with Crippen molar-refractivity contribution in [3.8, 4) is 0 Å². The van der Waals surface area contributed by atoms with Crippen LogP contribution in [-0.4, -0.2) is 50.1 Å². The normalized spacial score (nSPS) is 16.4. The molecule has 0 aliphatic carbocycles. The number of morpholine rings is 1. The van der Waals surface area contributed by atoms with Gasteiger partial charge in [0.2, 0.25) is 0 Å². The Bertz CT molecular complexity index is 727. The van der Waals surface area contributed by atoms with Crippen LogP contribution in [0.4, 0.5) is 0 Å². The molecule has 0 amide bonds. The van der Waals surface area contributed by atoms with Gasteiger partial charge in [-0.15, -0.1) is 0 Å². The Labute approximate surface area is 160 Å². The van der Waals surface area contributed by atoms with Crippen LogP contribution in [0.5, 0.6) is 0 Å². The number of Topliss-reactive ketones (excluding diaryl/α,β-unsaturated/α-hetero) is 1. The molecule has 0 radical (unpaired) electrons. The Morgan fingerprint density at radius 1 is 1.15 bits per heavy atom. The molecule has 2 aromatic rings. The number of hydrogen-bond donors (Lipinski definition) is 1. The van der Waals surface area contributed by atoms with Crippen LogP contribution in [0.25, 0.3) is 0 Å². The maximum absolute atomic E-state index is 12.4. The van der Waals surface area contributed by atoms with E-state index in [9.17, 15) is 4.79 Å². The van der Waals surface area contributed by atoms with Gasteiger partial charge >= 0.3 is 0 Å². The minimum absolute atomic E-state index is 0.102. The van der Waals surface area contributed by atoms with E-state index < -0.39 is 0 Å². The van der Waals surface area contributed by atoms with Gasteiger partial charge in [-0.1, -0.05) is 59.6 Å². The number of hydrogen-bond acceptors (Lipinski definition) is 4. The molecule has 1 unspecified atom stereocenters. The minimum Gasteiger partial charge on any atom is -0.379 e. The third-order valence-corrected chi connectivity index (χ3v) is 5.09. The van der Waals surface area contributed by atoms with E-state index in [1.165, 1.54) is 0 Å². The molecule has 5 heteroatoms. The second-order valence-electron chi connectivity index (χ2n) is 6.61. The monoisotopic (exact) mass is 372 g/mol. The lowest BCUT2D eigenvalue weighted by Gasteiger charge is -2.35. The highest BCUT2D eigenvalue weighted by Crippen LogP contribution is 2.27. The first-order valence-electron chi connectivity index (χ1n) is 9.02. The SMILES string of the molecule is Cc1ccc(C(=O)CNCC(c2ccccc2Cl)N2CCOCC2)cc1. The van der Waals surface area contributed by atoms with Crippen LogP contribution in [0.15, 0.2) is 48.5 Å². The zero-order chi connectivity index (χ0) is 18.4. The summed E-state index contributed by atoms with van der Waals surface area (Å²) in [5.41, 5.74) is 2.98. The van der Waals surface area contributed by atoms with E-state index >= 15 is 0 Å². The van der Waals surface area contributed by atoms with Gasteiger partial charge in [0.05, 0.1) is 19.8 Å². The average Bonchev–Trinajstić information content (AvgIpc) is 2.67. The van der Waals surface area contributed by atoms with Gasteiger partial charge in [-0.2, -0.15) is 0 Å². The first-order valence-corrected chi connectivity index (χ1v) is 9.40. The van der Waals surface area contributed by atoms with Gasteiger partial charge in [-0.05, 0) is 18.6 Å². The molecule has 0 aromatic heterocycles. The third kappa shape index (κ3) is 4.92. The van der Waals surface area contributed by atoms with E-state index in [1.807, 2.05) is 49.4 Å². The lowest BCUT2D eigenvalue weighted by atomic mass is 10.0. The molecule has 1 atom stereocenters. The molecular formula is C21H25ClN2O2. The first kappa shape index (κ1) is 19.1. The zero-order valence-corrected chi connectivity index (χ0v) is 15.8. The number of nitrogens with one attached hydrogen (secondary N) is 1. The Morgan fingerprint density at radius 2 is 1.85 bits per heavy atom. The van der Waals surface area contributed by atoms with Crippen molar-refractivity contribution in [2.24, 2.45) is 0 Å². The molecule has 1 saturated heterocycles. The van der Waals surface area contributed by atoms with Gasteiger partial charge in [-0.25, -0.2) is 0 Å². The Kier molecular flexibility index (Phi) is 6.80. The zero-order valence-electron chi connectivity index (χ0n) is 15.1. The van der Waals surface area contributed by atoms with Crippen molar-refractivity contribution < 1.29 is 9.53 Å². The third-order valence-electron chi connectivity index (χ3n) is 4.75. The lowest BCUT2D eigenvalue weighted by molar-refractivity contribution is 0.0162. The second-order valence-corrected chi connectivity index (χ2v) is 7.01. The van der Waals surface area contributed by atoms with Crippen molar-refractivity contribution in [1.29, 1.82) is 0 Å².